The molecule has 8 nitrogen and oxygen atoms in total. The predicted molar refractivity (Wildman–Crippen MR) is 169 cm³/mol. The van der Waals surface area contributed by atoms with Crippen molar-refractivity contribution in [3.63, 3.8) is 0 Å². The van der Waals surface area contributed by atoms with Gasteiger partial charge >= 0.3 is 6.61 Å². The molecule has 1 fully saturated rings. The molecule has 11 heteroatoms. The fourth-order valence-corrected chi connectivity index (χ4v) is 6.30. The molecular weight excluding hydrogens is 611 g/mol. The number of hydrogen-bond acceptors (Lipinski definition) is 7. The molecule has 2 heterocycles. The molecule has 242 valence electrons. The zero-order chi connectivity index (χ0) is 33.3. The zero-order valence-corrected chi connectivity index (χ0v) is 26.0. The highest BCUT2D eigenvalue weighted by atomic mass is 19.3. The fourth-order valence-electron chi connectivity index (χ4n) is 6.30. The molecule has 0 saturated heterocycles. The van der Waals surface area contributed by atoms with E-state index in [2.05, 4.69) is 15.3 Å². The van der Waals surface area contributed by atoms with E-state index in [0.717, 1.165) is 5.56 Å². The summed E-state index contributed by atoms with van der Waals surface area (Å²) in [6.45, 7) is 1.10. The number of furan rings is 1. The molecule has 0 unspecified atom stereocenters. The molecule has 1 saturated carbocycles. The van der Waals surface area contributed by atoms with Gasteiger partial charge in [-0.3, -0.25) is 9.59 Å². The number of carbonyl (C=O) groups excluding carboxylic acids is 2. The summed E-state index contributed by atoms with van der Waals surface area (Å²) < 4.78 is 56.5. The van der Waals surface area contributed by atoms with Crippen LogP contribution in [0.1, 0.15) is 58.3 Å². The van der Waals surface area contributed by atoms with Crippen molar-refractivity contribution in [2.45, 2.75) is 51.2 Å². The van der Waals surface area contributed by atoms with Crippen molar-refractivity contribution in [1.82, 2.24) is 15.3 Å². The first-order valence-electron chi connectivity index (χ1n) is 15.2. The van der Waals surface area contributed by atoms with Crippen molar-refractivity contribution in [1.29, 1.82) is 0 Å². The molecule has 3 aromatic carbocycles. The molecule has 0 radical (unpaired) electrons. The van der Waals surface area contributed by atoms with Crippen molar-refractivity contribution in [2.75, 3.05) is 13.7 Å². The van der Waals surface area contributed by atoms with E-state index < -0.39 is 23.9 Å². The number of halogens is 3. The minimum atomic E-state index is -2.91. The number of aromatic nitrogens is 2. The lowest BCUT2D eigenvalue weighted by Gasteiger charge is -2.45. The zero-order valence-electron chi connectivity index (χ0n) is 26.0. The fraction of sp³-hybridized carbons (Fsp3) is 0.278. The number of aryl methyl sites for hydroxylation is 1. The molecule has 1 amide bonds. The van der Waals surface area contributed by atoms with Gasteiger partial charge in [-0.25, -0.2) is 14.4 Å². The molecule has 47 heavy (non-hydrogen) atoms. The molecular formula is C36H32F3N3O5. The SMILES string of the molecule is CCOc1cc2oc(-c3ccc(F)cc3)c(C(=O)NC)c2cc1-c1ccc(C)c(C(=O)CC2(c3ncccn3)CC(OC(F)F)C2)c1. The topological polar surface area (TPSA) is 104 Å². The molecule has 0 bridgehead atoms. The number of alkyl halides is 2. The molecule has 6 rings (SSSR count). The third-order valence-electron chi connectivity index (χ3n) is 8.57. The van der Waals surface area contributed by atoms with Crippen LogP contribution in [0.5, 0.6) is 5.75 Å². The van der Waals surface area contributed by atoms with Crippen LogP contribution in [0.3, 0.4) is 0 Å². The average molecular weight is 644 g/mol. The minimum absolute atomic E-state index is 0.00529. The van der Waals surface area contributed by atoms with Crippen molar-refractivity contribution < 1.29 is 36.7 Å². The van der Waals surface area contributed by atoms with Crippen LogP contribution in [0.2, 0.25) is 0 Å². The highest BCUT2D eigenvalue weighted by molar-refractivity contribution is 6.12. The minimum Gasteiger partial charge on any atom is -0.493 e. The van der Waals surface area contributed by atoms with Gasteiger partial charge in [-0.05, 0) is 80.3 Å². The third kappa shape index (κ3) is 6.23. The van der Waals surface area contributed by atoms with Crippen molar-refractivity contribution in [3.05, 3.63) is 101 Å². The van der Waals surface area contributed by atoms with Gasteiger partial charge in [0, 0.05) is 59.4 Å². The monoisotopic (exact) mass is 643 g/mol. The van der Waals surface area contributed by atoms with Gasteiger partial charge in [0.1, 0.15) is 28.7 Å². The Morgan fingerprint density at radius 3 is 2.40 bits per heavy atom. The molecule has 0 spiro atoms. The first kappa shape index (κ1) is 31.9. The summed E-state index contributed by atoms with van der Waals surface area (Å²) in [5, 5.41) is 3.17. The maximum absolute atomic E-state index is 14.0. The van der Waals surface area contributed by atoms with E-state index in [-0.39, 0.29) is 42.3 Å². The van der Waals surface area contributed by atoms with E-state index in [9.17, 15) is 22.8 Å². The van der Waals surface area contributed by atoms with Crippen LogP contribution in [0.15, 0.2) is 77.5 Å². The summed E-state index contributed by atoms with van der Waals surface area (Å²) in [4.78, 5) is 35.9. The average Bonchev–Trinajstić information content (AvgIpc) is 3.42. The highest BCUT2D eigenvalue weighted by Crippen LogP contribution is 2.48. The Balaban J connectivity index is 1.41. The Morgan fingerprint density at radius 2 is 1.74 bits per heavy atom. The van der Waals surface area contributed by atoms with Crippen LogP contribution < -0.4 is 10.1 Å². The van der Waals surface area contributed by atoms with E-state index in [1.165, 1.54) is 19.2 Å². The van der Waals surface area contributed by atoms with Crippen LogP contribution in [-0.2, 0) is 10.2 Å². The summed E-state index contributed by atoms with van der Waals surface area (Å²) in [5.74, 6) is 0.171. The van der Waals surface area contributed by atoms with Gasteiger partial charge in [0.2, 0.25) is 0 Å². The van der Waals surface area contributed by atoms with Crippen LogP contribution in [-0.4, -0.2) is 48.0 Å². The normalized spacial score (nSPS) is 17.5. The number of amides is 1. The lowest BCUT2D eigenvalue weighted by Crippen LogP contribution is -2.49. The van der Waals surface area contributed by atoms with Gasteiger partial charge in [-0.2, -0.15) is 8.78 Å². The first-order valence-corrected chi connectivity index (χ1v) is 15.2. The first-order chi connectivity index (χ1) is 22.6. The van der Waals surface area contributed by atoms with E-state index >= 15 is 0 Å². The number of hydrogen-bond donors (Lipinski definition) is 1. The van der Waals surface area contributed by atoms with Crippen LogP contribution in [0.25, 0.3) is 33.4 Å². The number of ether oxygens (including phenoxy) is 2. The molecule has 0 aliphatic heterocycles. The molecule has 1 N–H and O–H groups in total. The van der Waals surface area contributed by atoms with Gasteiger partial charge in [0.15, 0.2) is 5.78 Å². The summed E-state index contributed by atoms with van der Waals surface area (Å²) in [6, 6.07) is 16.3. The quantitative estimate of drug-likeness (QED) is 0.147. The number of fused-ring (bicyclic) bond motifs is 1. The van der Waals surface area contributed by atoms with E-state index in [0.29, 0.717) is 51.4 Å². The molecule has 1 aliphatic carbocycles. The van der Waals surface area contributed by atoms with Crippen molar-refractivity contribution >= 4 is 22.7 Å². The Morgan fingerprint density at radius 1 is 1.04 bits per heavy atom. The maximum atomic E-state index is 14.0. The number of ketones is 1. The number of carbonyl (C=O) groups is 2. The Hall–Kier alpha value is -5.03. The Bertz CT molecular complexity index is 1940. The van der Waals surface area contributed by atoms with E-state index in [4.69, 9.17) is 13.9 Å². The largest absolute Gasteiger partial charge is 0.493 e. The van der Waals surface area contributed by atoms with Gasteiger partial charge in [-0.15, -0.1) is 0 Å². The second kappa shape index (κ2) is 13.0. The summed E-state index contributed by atoms with van der Waals surface area (Å²) >= 11 is 0. The third-order valence-corrected chi connectivity index (χ3v) is 8.57. The lowest BCUT2D eigenvalue weighted by atomic mass is 9.62. The number of rotatable bonds is 11. The molecule has 0 atom stereocenters. The second-order valence-electron chi connectivity index (χ2n) is 11.6. The molecule has 2 aromatic heterocycles. The van der Waals surface area contributed by atoms with Crippen LogP contribution >= 0.6 is 0 Å². The van der Waals surface area contributed by atoms with Gasteiger partial charge in [0.05, 0.1) is 18.3 Å². The Kier molecular flexibility index (Phi) is 8.83. The Labute approximate surface area is 268 Å². The van der Waals surface area contributed by atoms with E-state index in [1.54, 1.807) is 48.8 Å². The summed E-state index contributed by atoms with van der Waals surface area (Å²) in [7, 11) is 1.51. The molecule has 1 aliphatic rings. The predicted octanol–water partition coefficient (Wildman–Crippen LogP) is 7.68. The van der Waals surface area contributed by atoms with Crippen LogP contribution in [0.4, 0.5) is 13.2 Å². The maximum Gasteiger partial charge on any atom is 0.345 e. The summed E-state index contributed by atoms with van der Waals surface area (Å²) in [5.41, 5.74) is 2.82. The van der Waals surface area contributed by atoms with Gasteiger partial charge in [0.25, 0.3) is 5.91 Å². The lowest BCUT2D eigenvalue weighted by molar-refractivity contribution is -0.196. The highest BCUT2D eigenvalue weighted by Gasteiger charge is 2.50. The number of Topliss-reactive ketones (excluding diaryl/α,β-unsaturated/α-hetero) is 1. The summed E-state index contributed by atoms with van der Waals surface area (Å²) in [6.07, 6.45) is 2.82. The number of nitrogens with one attached hydrogen (secondary N) is 1. The molecule has 5 aromatic rings. The smallest absolute Gasteiger partial charge is 0.345 e. The van der Waals surface area contributed by atoms with Crippen LogP contribution in [0, 0.1) is 12.7 Å². The van der Waals surface area contributed by atoms with Crippen molar-refractivity contribution in [3.8, 4) is 28.2 Å². The van der Waals surface area contributed by atoms with E-state index in [1.807, 2.05) is 26.0 Å². The van der Waals surface area contributed by atoms with Gasteiger partial charge in [-0.1, -0.05) is 12.1 Å². The number of nitrogens with zero attached hydrogens (tertiary/aromatic N) is 2. The van der Waals surface area contributed by atoms with Gasteiger partial charge < -0.3 is 19.2 Å². The van der Waals surface area contributed by atoms with Crippen molar-refractivity contribution in [2.24, 2.45) is 0 Å². The standard InChI is InChI=1S/C36H32F3N3O5/c1-4-45-29-16-30-27(31(33(44)40-3)32(47-30)21-8-10-23(37)11-9-21)15-26(29)22-7-6-20(2)25(14-22)28(43)19-36(34-41-12-5-13-42-34)17-24(18-36)46-35(38)39/h5-16,24,35H,4,17-19H2,1-3H3,(H,40,44). The number of benzene rings is 3. The second-order valence-corrected chi connectivity index (χ2v) is 11.6.